The molecule has 11 heavy (non-hydrogen) atoms. The molecule has 0 aliphatic rings. The molecule has 0 atom stereocenters. The quantitative estimate of drug-likeness (QED) is 0.619. The van der Waals surface area contributed by atoms with Crippen LogP contribution in [0.4, 0.5) is 5.82 Å². The fraction of sp³-hybridized carbons (Fsp3) is 0. The molecule has 0 aliphatic carbocycles. The fourth-order valence-corrected chi connectivity index (χ4v) is 0.850. The number of aromatic nitrogens is 3. The Morgan fingerprint density at radius 2 is 2.27 bits per heavy atom. The molecule has 0 bridgehead atoms. The Bertz CT molecular complexity index is 356. The summed E-state index contributed by atoms with van der Waals surface area (Å²) in [4.78, 5) is 3.90. The van der Waals surface area contributed by atoms with Gasteiger partial charge in [-0.15, -0.1) is 12.4 Å². The Hall–Kier alpha value is -1.29. The number of nitrogens with zero attached hydrogens (tertiary/aromatic N) is 2. The van der Waals surface area contributed by atoms with Crippen molar-refractivity contribution < 1.29 is 0 Å². The Balaban J connectivity index is 0.000000605. The van der Waals surface area contributed by atoms with Gasteiger partial charge in [0.15, 0.2) is 0 Å². The molecule has 3 N–H and O–H groups in total. The van der Waals surface area contributed by atoms with Crippen LogP contribution in [0.25, 0.3) is 10.9 Å². The lowest BCUT2D eigenvalue weighted by molar-refractivity contribution is 1.12. The predicted octanol–water partition coefficient (Wildman–Crippen LogP) is 0.962. The summed E-state index contributed by atoms with van der Waals surface area (Å²) < 4.78 is 0. The first-order valence-electron chi connectivity index (χ1n) is 2.91. The average Bonchev–Trinajstić information content (AvgIpc) is 2.33. The number of hydrogen-bond donors (Lipinski definition) is 2. The third kappa shape index (κ3) is 1.25. The van der Waals surface area contributed by atoms with E-state index < -0.39 is 0 Å². The van der Waals surface area contributed by atoms with Crippen LogP contribution in [0.15, 0.2) is 18.5 Å². The predicted molar refractivity (Wildman–Crippen MR) is 45.5 cm³/mol. The molecular formula is C6H7ClN4. The summed E-state index contributed by atoms with van der Waals surface area (Å²) in [7, 11) is 0. The zero-order valence-electron chi connectivity index (χ0n) is 5.61. The zero-order chi connectivity index (χ0) is 6.97. The Labute approximate surface area is 69.2 Å². The van der Waals surface area contributed by atoms with Gasteiger partial charge < -0.3 is 5.73 Å². The Morgan fingerprint density at radius 3 is 3.09 bits per heavy atom. The molecule has 0 saturated heterocycles. The number of nitrogens with two attached hydrogens (primary N) is 1. The van der Waals surface area contributed by atoms with E-state index in [9.17, 15) is 0 Å². The van der Waals surface area contributed by atoms with Crippen LogP contribution < -0.4 is 5.73 Å². The smallest absolute Gasteiger partial charge is 0.125 e. The van der Waals surface area contributed by atoms with Crippen molar-refractivity contribution in [2.45, 2.75) is 0 Å². The summed E-state index contributed by atoms with van der Waals surface area (Å²) in [6.07, 6.45) is 3.47. The molecule has 2 aromatic heterocycles. The minimum Gasteiger partial charge on any atom is -0.384 e. The second-order valence-electron chi connectivity index (χ2n) is 2.05. The lowest BCUT2D eigenvalue weighted by Crippen LogP contribution is -1.87. The molecule has 0 radical (unpaired) electrons. The summed E-state index contributed by atoms with van der Waals surface area (Å²) >= 11 is 0. The lowest BCUT2D eigenvalue weighted by Gasteiger charge is -1.88. The van der Waals surface area contributed by atoms with Crippen LogP contribution in [-0.2, 0) is 0 Å². The van der Waals surface area contributed by atoms with E-state index in [0.717, 1.165) is 10.9 Å². The highest BCUT2D eigenvalue weighted by atomic mass is 35.5. The lowest BCUT2D eigenvalue weighted by atomic mass is 10.3. The van der Waals surface area contributed by atoms with Crippen LogP contribution in [0.3, 0.4) is 0 Å². The van der Waals surface area contributed by atoms with Crippen molar-refractivity contribution in [3.05, 3.63) is 18.5 Å². The fourth-order valence-electron chi connectivity index (χ4n) is 0.850. The third-order valence-electron chi connectivity index (χ3n) is 1.34. The standard InChI is InChI=1S/C6H6N4.ClH/c7-6-1-5-4(2-8-6)3-9-10-5;/h1-3H,(H2,7,8)(H,9,10);1H. The number of pyridine rings is 1. The van der Waals surface area contributed by atoms with Crippen LogP contribution in [0.1, 0.15) is 0 Å². The first kappa shape index (κ1) is 7.81. The normalized spacial score (nSPS) is 9.45. The number of nitrogen functional groups attached to an aromatic ring is 1. The molecule has 0 spiro atoms. The van der Waals surface area contributed by atoms with Gasteiger partial charge in [0.25, 0.3) is 0 Å². The molecule has 0 amide bonds. The van der Waals surface area contributed by atoms with E-state index >= 15 is 0 Å². The first-order chi connectivity index (χ1) is 4.86. The maximum Gasteiger partial charge on any atom is 0.125 e. The highest BCUT2D eigenvalue weighted by molar-refractivity contribution is 5.85. The number of aromatic amines is 1. The molecule has 2 aromatic rings. The van der Waals surface area contributed by atoms with Gasteiger partial charge in [-0.05, 0) is 0 Å². The van der Waals surface area contributed by atoms with Gasteiger partial charge in [0.2, 0.25) is 0 Å². The van der Waals surface area contributed by atoms with Crippen molar-refractivity contribution in [2.24, 2.45) is 0 Å². The molecule has 0 aromatic carbocycles. The van der Waals surface area contributed by atoms with Crippen LogP contribution in [0, 0.1) is 0 Å². The van der Waals surface area contributed by atoms with Crippen molar-refractivity contribution in [3.63, 3.8) is 0 Å². The van der Waals surface area contributed by atoms with E-state index in [1.807, 2.05) is 0 Å². The first-order valence-corrected chi connectivity index (χ1v) is 2.91. The molecule has 0 fully saturated rings. The van der Waals surface area contributed by atoms with Crippen molar-refractivity contribution >= 4 is 29.1 Å². The summed E-state index contributed by atoms with van der Waals surface area (Å²) in [6, 6.07) is 1.73. The average molecular weight is 171 g/mol. The van der Waals surface area contributed by atoms with E-state index in [2.05, 4.69) is 15.2 Å². The highest BCUT2D eigenvalue weighted by Crippen LogP contribution is 2.09. The highest BCUT2D eigenvalue weighted by Gasteiger charge is 1.94. The zero-order valence-corrected chi connectivity index (χ0v) is 6.43. The van der Waals surface area contributed by atoms with Gasteiger partial charge in [-0.1, -0.05) is 0 Å². The number of nitrogens with one attached hydrogen (secondary N) is 1. The number of H-pyrrole nitrogens is 1. The molecule has 4 nitrogen and oxygen atoms in total. The van der Waals surface area contributed by atoms with Crippen LogP contribution in [0.5, 0.6) is 0 Å². The number of rotatable bonds is 0. The van der Waals surface area contributed by atoms with E-state index in [0.29, 0.717) is 5.82 Å². The SMILES string of the molecule is Cl.Nc1cc2n[nH]cc2cn1. The molecule has 0 unspecified atom stereocenters. The molecule has 5 heteroatoms. The van der Waals surface area contributed by atoms with Gasteiger partial charge in [0, 0.05) is 23.8 Å². The largest absolute Gasteiger partial charge is 0.384 e. The third-order valence-corrected chi connectivity index (χ3v) is 1.34. The van der Waals surface area contributed by atoms with Gasteiger partial charge in [-0.2, -0.15) is 5.10 Å². The van der Waals surface area contributed by atoms with Crippen LogP contribution in [-0.4, -0.2) is 15.2 Å². The minimum absolute atomic E-state index is 0. The molecule has 2 rings (SSSR count). The van der Waals surface area contributed by atoms with E-state index in [1.54, 1.807) is 18.5 Å². The van der Waals surface area contributed by atoms with Crippen molar-refractivity contribution in [3.8, 4) is 0 Å². The van der Waals surface area contributed by atoms with Gasteiger partial charge in [-0.25, -0.2) is 4.98 Å². The van der Waals surface area contributed by atoms with E-state index in [4.69, 9.17) is 5.73 Å². The number of anilines is 1. The second-order valence-corrected chi connectivity index (χ2v) is 2.05. The van der Waals surface area contributed by atoms with Gasteiger partial charge in [0.05, 0.1) is 5.52 Å². The van der Waals surface area contributed by atoms with Gasteiger partial charge in [-0.3, -0.25) is 5.10 Å². The maximum atomic E-state index is 5.42. The molecule has 58 valence electrons. The minimum atomic E-state index is 0. The van der Waals surface area contributed by atoms with Crippen LogP contribution >= 0.6 is 12.4 Å². The number of fused-ring (bicyclic) bond motifs is 1. The monoisotopic (exact) mass is 170 g/mol. The molecular weight excluding hydrogens is 164 g/mol. The van der Waals surface area contributed by atoms with Crippen molar-refractivity contribution in [1.82, 2.24) is 15.2 Å². The summed E-state index contributed by atoms with van der Waals surface area (Å²) in [5.74, 6) is 0.500. The Morgan fingerprint density at radius 1 is 1.45 bits per heavy atom. The summed E-state index contributed by atoms with van der Waals surface area (Å²) in [5.41, 5.74) is 6.27. The van der Waals surface area contributed by atoms with Crippen molar-refractivity contribution in [2.75, 3.05) is 5.73 Å². The second kappa shape index (κ2) is 2.75. The number of halogens is 1. The van der Waals surface area contributed by atoms with Gasteiger partial charge in [0.1, 0.15) is 5.82 Å². The Kier molecular flexibility index (Phi) is 1.96. The van der Waals surface area contributed by atoms with Crippen LogP contribution in [0.2, 0.25) is 0 Å². The van der Waals surface area contributed by atoms with E-state index in [1.165, 1.54) is 0 Å². The topological polar surface area (TPSA) is 67.6 Å². The van der Waals surface area contributed by atoms with Gasteiger partial charge >= 0.3 is 0 Å². The maximum absolute atomic E-state index is 5.42. The van der Waals surface area contributed by atoms with E-state index in [-0.39, 0.29) is 12.4 Å². The summed E-state index contributed by atoms with van der Waals surface area (Å²) in [5, 5.41) is 7.63. The number of hydrogen-bond acceptors (Lipinski definition) is 3. The molecule has 0 aliphatic heterocycles. The summed E-state index contributed by atoms with van der Waals surface area (Å²) in [6.45, 7) is 0. The van der Waals surface area contributed by atoms with Crippen molar-refractivity contribution in [1.29, 1.82) is 0 Å². The molecule has 2 heterocycles. The molecule has 0 saturated carbocycles.